The molecule has 7 heteroatoms. The number of aromatic nitrogens is 1. The number of carboxylic acid groups (broad SMARTS) is 1. The molecule has 1 aromatic heterocycles. The van der Waals surface area contributed by atoms with E-state index in [2.05, 4.69) is 42.4 Å². The summed E-state index contributed by atoms with van der Waals surface area (Å²) in [5.74, 6) is -1.13. The quantitative estimate of drug-likeness (QED) is 0.168. The Morgan fingerprint density at radius 3 is 2.41 bits per heavy atom. The lowest BCUT2D eigenvalue weighted by atomic mass is 9.98. The Hall–Kier alpha value is -4.03. The highest BCUT2D eigenvalue weighted by molar-refractivity contribution is 6.32. The van der Waals surface area contributed by atoms with E-state index in [1.165, 1.54) is 5.56 Å². The highest BCUT2D eigenvalue weighted by atomic mass is 35.5. The number of halogens is 1. The normalized spacial score (nSPS) is 12.0. The van der Waals surface area contributed by atoms with E-state index in [1.807, 2.05) is 57.2 Å². The molecule has 0 spiro atoms. The Labute approximate surface area is 233 Å². The van der Waals surface area contributed by atoms with Gasteiger partial charge in [0.2, 0.25) is 5.76 Å². The van der Waals surface area contributed by atoms with Gasteiger partial charge in [-0.2, -0.15) is 0 Å². The van der Waals surface area contributed by atoms with Crippen LogP contribution >= 0.6 is 11.6 Å². The first-order valence-electron chi connectivity index (χ1n) is 12.9. The van der Waals surface area contributed by atoms with Gasteiger partial charge in [-0.05, 0) is 79.8 Å². The minimum absolute atomic E-state index is 0.129. The number of carbonyl (C=O) groups is 2. The molecule has 4 rings (SSSR count). The smallest absolute Gasteiger partial charge is 0.371 e. The number of carbonyl (C=O) groups excluding carboxylic acids is 1. The molecule has 0 radical (unpaired) electrons. The van der Waals surface area contributed by atoms with Crippen molar-refractivity contribution in [3.8, 4) is 5.75 Å². The number of amides is 1. The third-order valence-corrected chi connectivity index (χ3v) is 7.60. The lowest BCUT2D eigenvalue weighted by Crippen LogP contribution is -2.26. The lowest BCUT2D eigenvalue weighted by molar-refractivity contribution is -0.135. The van der Waals surface area contributed by atoms with Crippen LogP contribution in [-0.2, 0) is 11.3 Å². The van der Waals surface area contributed by atoms with Crippen molar-refractivity contribution in [2.24, 2.45) is 0 Å². The third-order valence-electron chi connectivity index (χ3n) is 7.17. The summed E-state index contributed by atoms with van der Waals surface area (Å²) in [6.07, 6.45) is 0. The fourth-order valence-electron chi connectivity index (χ4n) is 4.65. The van der Waals surface area contributed by atoms with Crippen molar-refractivity contribution in [3.63, 3.8) is 0 Å². The van der Waals surface area contributed by atoms with Gasteiger partial charge < -0.3 is 19.7 Å². The van der Waals surface area contributed by atoms with Crippen LogP contribution in [0.4, 0.5) is 0 Å². The van der Waals surface area contributed by atoms with Gasteiger partial charge in [0, 0.05) is 28.7 Å². The number of nitrogens with one attached hydrogen (secondary N) is 1. The van der Waals surface area contributed by atoms with Crippen LogP contribution in [0.5, 0.6) is 5.75 Å². The van der Waals surface area contributed by atoms with E-state index < -0.39 is 11.7 Å². The van der Waals surface area contributed by atoms with Crippen molar-refractivity contribution in [2.45, 2.75) is 53.1 Å². The van der Waals surface area contributed by atoms with Crippen molar-refractivity contribution in [3.05, 3.63) is 112 Å². The number of rotatable bonds is 9. The molecule has 2 N–H and O–H groups in total. The van der Waals surface area contributed by atoms with Crippen LogP contribution in [0.15, 0.2) is 73.0 Å². The highest BCUT2D eigenvalue weighted by Crippen LogP contribution is 2.33. The lowest BCUT2D eigenvalue weighted by Gasteiger charge is -2.17. The maximum atomic E-state index is 13.2. The van der Waals surface area contributed by atoms with E-state index in [9.17, 15) is 9.59 Å². The summed E-state index contributed by atoms with van der Waals surface area (Å²) in [7, 11) is 0. The third kappa shape index (κ3) is 5.86. The van der Waals surface area contributed by atoms with Crippen LogP contribution in [0.25, 0.3) is 10.9 Å². The number of nitrogens with zero attached hydrogens (tertiary/aromatic N) is 1. The van der Waals surface area contributed by atoms with Crippen LogP contribution in [0.1, 0.15) is 71.0 Å². The predicted molar refractivity (Wildman–Crippen MR) is 156 cm³/mol. The summed E-state index contributed by atoms with van der Waals surface area (Å²) < 4.78 is 7.48. The monoisotopic (exact) mass is 544 g/mol. The number of aliphatic carboxylic acids is 1. The molecule has 1 atom stereocenters. The standard InChI is InChI=1S/C32H33ClN2O4/c1-18(2)23-9-7-10-24(15-23)20(4)34-31(36)25-13-14-28-27(16-25)19(3)21(5)35(28)17-26-11-8-12-29(30(26)33)39-22(6)32(37)38/h7-16,18,20H,6,17H2,1-5H3,(H,34,36)(H,37,38)/t20-/m0/s1. The van der Waals surface area contributed by atoms with E-state index in [0.717, 1.165) is 33.3 Å². The molecule has 0 aliphatic heterocycles. The van der Waals surface area contributed by atoms with Gasteiger partial charge in [0.15, 0.2) is 0 Å². The summed E-state index contributed by atoms with van der Waals surface area (Å²) in [5, 5.41) is 13.5. The molecular formula is C32H33ClN2O4. The maximum absolute atomic E-state index is 13.2. The first-order valence-corrected chi connectivity index (χ1v) is 13.2. The summed E-state index contributed by atoms with van der Waals surface area (Å²) in [6.45, 7) is 14.2. The number of carboxylic acids is 1. The van der Waals surface area contributed by atoms with Crippen molar-refractivity contribution in [1.29, 1.82) is 0 Å². The molecule has 6 nitrogen and oxygen atoms in total. The number of ether oxygens (including phenoxy) is 1. The van der Waals surface area contributed by atoms with E-state index in [1.54, 1.807) is 12.1 Å². The van der Waals surface area contributed by atoms with Gasteiger partial charge in [-0.3, -0.25) is 4.79 Å². The molecule has 0 saturated carbocycles. The van der Waals surface area contributed by atoms with E-state index >= 15 is 0 Å². The van der Waals surface area contributed by atoms with Crippen molar-refractivity contribution >= 4 is 34.4 Å². The summed E-state index contributed by atoms with van der Waals surface area (Å²) in [5.41, 5.74) is 6.76. The van der Waals surface area contributed by atoms with Crippen molar-refractivity contribution < 1.29 is 19.4 Å². The van der Waals surface area contributed by atoms with Crippen LogP contribution < -0.4 is 10.1 Å². The number of fused-ring (bicyclic) bond motifs is 1. The average Bonchev–Trinajstić information content (AvgIpc) is 3.14. The largest absolute Gasteiger partial charge is 0.475 e. The first kappa shape index (κ1) is 28.0. The number of hydrogen-bond acceptors (Lipinski definition) is 3. The Morgan fingerprint density at radius 2 is 1.72 bits per heavy atom. The number of aryl methyl sites for hydroxylation is 1. The highest BCUT2D eigenvalue weighted by Gasteiger charge is 2.18. The van der Waals surface area contributed by atoms with E-state index in [-0.39, 0.29) is 17.7 Å². The zero-order chi connectivity index (χ0) is 28.4. The van der Waals surface area contributed by atoms with Gasteiger partial charge >= 0.3 is 5.97 Å². The molecule has 0 bridgehead atoms. The van der Waals surface area contributed by atoms with Crippen LogP contribution in [0.3, 0.4) is 0 Å². The van der Waals surface area contributed by atoms with Gasteiger partial charge in [-0.15, -0.1) is 0 Å². The molecule has 0 fully saturated rings. The molecule has 39 heavy (non-hydrogen) atoms. The van der Waals surface area contributed by atoms with E-state index in [4.69, 9.17) is 21.4 Å². The van der Waals surface area contributed by atoms with Crippen LogP contribution in [-0.4, -0.2) is 21.6 Å². The van der Waals surface area contributed by atoms with Crippen molar-refractivity contribution in [1.82, 2.24) is 9.88 Å². The zero-order valence-electron chi connectivity index (χ0n) is 22.8. The topological polar surface area (TPSA) is 80.6 Å². The second kappa shape index (κ2) is 11.4. The first-order chi connectivity index (χ1) is 18.5. The fourth-order valence-corrected chi connectivity index (χ4v) is 4.87. The summed E-state index contributed by atoms with van der Waals surface area (Å²) in [6, 6.07) is 19.2. The second-order valence-electron chi connectivity index (χ2n) is 10.1. The minimum atomic E-state index is -1.25. The molecule has 3 aromatic carbocycles. The fraction of sp³-hybridized carbons (Fsp3) is 0.250. The SMILES string of the molecule is C=C(Oc1cccc(Cn2c(C)c(C)c3cc(C(=O)N[C@@H](C)c4cccc(C(C)C)c4)ccc32)c1Cl)C(=O)O. The molecule has 202 valence electrons. The molecule has 0 unspecified atom stereocenters. The Kier molecular flexibility index (Phi) is 8.17. The Balaban J connectivity index is 1.60. The molecule has 1 amide bonds. The number of hydrogen-bond donors (Lipinski definition) is 2. The Bertz CT molecular complexity index is 1580. The molecule has 1 heterocycles. The molecule has 0 saturated heterocycles. The van der Waals surface area contributed by atoms with Gasteiger partial charge in [-0.25, -0.2) is 4.79 Å². The predicted octanol–water partition coefficient (Wildman–Crippen LogP) is 7.55. The molecule has 4 aromatic rings. The second-order valence-corrected chi connectivity index (χ2v) is 10.5. The van der Waals surface area contributed by atoms with Gasteiger partial charge in [-0.1, -0.05) is 61.8 Å². The molecule has 0 aliphatic rings. The van der Waals surface area contributed by atoms with Gasteiger partial charge in [0.05, 0.1) is 11.1 Å². The van der Waals surface area contributed by atoms with Crippen molar-refractivity contribution in [2.75, 3.05) is 0 Å². The zero-order valence-corrected chi connectivity index (χ0v) is 23.6. The van der Waals surface area contributed by atoms with Crippen LogP contribution in [0, 0.1) is 13.8 Å². The van der Waals surface area contributed by atoms with E-state index in [0.29, 0.717) is 23.0 Å². The molecular weight excluding hydrogens is 512 g/mol. The Morgan fingerprint density at radius 1 is 1.03 bits per heavy atom. The van der Waals surface area contributed by atoms with Gasteiger partial charge in [0.25, 0.3) is 5.91 Å². The summed E-state index contributed by atoms with van der Waals surface area (Å²) in [4.78, 5) is 24.3. The minimum Gasteiger partial charge on any atom is -0.475 e. The van der Waals surface area contributed by atoms with Gasteiger partial charge in [0.1, 0.15) is 5.75 Å². The average molecular weight is 545 g/mol. The van der Waals surface area contributed by atoms with Crippen LogP contribution in [0.2, 0.25) is 5.02 Å². The number of benzene rings is 3. The summed E-state index contributed by atoms with van der Waals surface area (Å²) >= 11 is 6.59. The molecule has 0 aliphatic carbocycles. The maximum Gasteiger partial charge on any atom is 0.371 e.